The van der Waals surface area contributed by atoms with Crippen molar-refractivity contribution in [2.75, 3.05) is 19.5 Å². The summed E-state index contributed by atoms with van der Waals surface area (Å²) in [6.07, 6.45) is 0. The van der Waals surface area contributed by atoms with Crippen molar-refractivity contribution in [3.63, 3.8) is 0 Å². The van der Waals surface area contributed by atoms with Gasteiger partial charge in [0, 0.05) is 29.4 Å². The number of amides is 2. The van der Waals surface area contributed by atoms with Crippen molar-refractivity contribution in [1.82, 2.24) is 4.90 Å². The van der Waals surface area contributed by atoms with Gasteiger partial charge in [0.1, 0.15) is 23.4 Å². The molecule has 2 aliphatic heterocycles. The molecule has 8 nitrogen and oxygen atoms in total. The normalized spacial score (nSPS) is 17.7. The number of nitrogens with zero attached hydrogens (tertiary/aromatic N) is 3. The number of carbonyl (C=O) groups is 2. The number of ether oxygens (including phenoxy) is 2. The number of hydrogen-bond acceptors (Lipinski definition) is 7. The number of fused-ring (bicyclic) bond motifs is 3. The first-order valence-corrected chi connectivity index (χ1v) is 11.5. The minimum absolute atomic E-state index is 0.0535. The summed E-state index contributed by atoms with van der Waals surface area (Å²) in [7, 11) is 3.10. The maximum absolute atomic E-state index is 13.2. The lowest BCUT2D eigenvalue weighted by molar-refractivity contribution is -0.125. The molecule has 2 aliphatic rings. The summed E-state index contributed by atoms with van der Waals surface area (Å²) in [4.78, 5) is 37.1. The number of carbonyl (C=O) groups excluding carboxylic acids is 2. The molecule has 1 N–H and O–H groups in total. The maximum atomic E-state index is 13.2. The van der Waals surface area contributed by atoms with Gasteiger partial charge in [-0.1, -0.05) is 37.7 Å². The Morgan fingerprint density at radius 1 is 1.09 bits per heavy atom. The number of hydrogen-bond donors (Lipinski definition) is 1. The van der Waals surface area contributed by atoms with E-state index in [0.717, 1.165) is 11.3 Å². The number of nitrogens with one attached hydrogen (secondary N) is 1. The van der Waals surface area contributed by atoms with Crippen molar-refractivity contribution in [1.29, 1.82) is 0 Å². The molecule has 0 aliphatic carbocycles. The van der Waals surface area contributed by atoms with Crippen molar-refractivity contribution in [2.45, 2.75) is 32.1 Å². The van der Waals surface area contributed by atoms with Crippen LogP contribution in [-0.2, 0) is 9.59 Å². The molecule has 2 amide bonds. The fourth-order valence-electron chi connectivity index (χ4n) is 3.62. The predicted octanol–water partition coefficient (Wildman–Crippen LogP) is 4.08. The molecular formula is C24H26N4O4S. The van der Waals surface area contributed by atoms with E-state index in [2.05, 4.69) is 5.32 Å². The van der Waals surface area contributed by atoms with Crippen LogP contribution < -0.4 is 14.8 Å². The summed E-state index contributed by atoms with van der Waals surface area (Å²) >= 11 is 1.23. The molecule has 0 saturated heterocycles. The molecular weight excluding hydrogens is 440 g/mol. The molecule has 2 atom stereocenters. The summed E-state index contributed by atoms with van der Waals surface area (Å²) in [5.74, 6) is 1.44. The second kappa shape index (κ2) is 9.27. The fourth-order valence-corrected chi connectivity index (χ4v) is 4.53. The van der Waals surface area contributed by atoms with E-state index in [-0.39, 0.29) is 17.7 Å². The zero-order valence-corrected chi connectivity index (χ0v) is 20.0. The Morgan fingerprint density at radius 2 is 1.76 bits per heavy atom. The Kier molecular flexibility index (Phi) is 6.42. The molecule has 0 unspecified atom stereocenters. The fraction of sp³-hybridized carbons (Fsp3) is 0.333. The van der Waals surface area contributed by atoms with Gasteiger partial charge >= 0.3 is 0 Å². The third kappa shape index (κ3) is 4.45. The highest BCUT2D eigenvalue weighted by Crippen LogP contribution is 2.36. The lowest BCUT2D eigenvalue weighted by Crippen LogP contribution is -2.43. The lowest BCUT2D eigenvalue weighted by atomic mass is 10.1. The summed E-state index contributed by atoms with van der Waals surface area (Å²) < 4.78 is 10.5. The van der Waals surface area contributed by atoms with Crippen LogP contribution in [0.1, 0.15) is 26.3 Å². The number of para-hydroxylation sites is 1. The van der Waals surface area contributed by atoms with Gasteiger partial charge in [-0.15, -0.1) is 0 Å². The van der Waals surface area contributed by atoms with Crippen molar-refractivity contribution in [3.05, 3.63) is 48.0 Å². The van der Waals surface area contributed by atoms with Gasteiger partial charge in [0.2, 0.25) is 5.91 Å². The van der Waals surface area contributed by atoms with Crippen LogP contribution in [0, 0.1) is 5.92 Å². The van der Waals surface area contributed by atoms with Gasteiger partial charge in [0.25, 0.3) is 5.91 Å². The van der Waals surface area contributed by atoms with Crippen LogP contribution in [0.4, 0.5) is 11.4 Å². The quantitative estimate of drug-likeness (QED) is 0.693. The summed E-state index contributed by atoms with van der Waals surface area (Å²) in [6.45, 7) is 5.72. The average Bonchev–Trinajstić information content (AvgIpc) is 3.16. The third-order valence-corrected chi connectivity index (χ3v) is 6.45. The molecule has 172 valence electrons. The largest absolute Gasteiger partial charge is 0.497 e. The lowest BCUT2D eigenvalue weighted by Gasteiger charge is -2.27. The monoisotopic (exact) mass is 466 g/mol. The van der Waals surface area contributed by atoms with Crippen LogP contribution in [-0.4, -0.2) is 53.2 Å². The van der Waals surface area contributed by atoms with Crippen LogP contribution in [0.25, 0.3) is 0 Å². The van der Waals surface area contributed by atoms with E-state index in [4.69, 9.17) is 19.5 Å². The highest BCUT2D eigenvalue weighted by Gasteiger charge is 2.43. The van der Waals surface area contributed by atoms with E-state index in [1.165, 1.54) is 11.8 Å². The van der Waals surface area contributed by atoms with E-state index in [1.54, 1.807) is 44.2 Å². The standard InChI is InChI=1S/C24H26N4O4S/c1-13(2)20-23(30)28-21(27-20)18-8-6-7-9-19(18)26-24(28)33-14(3)22(29)25-15-10-16(31-4)12-17(11-15)32-5/h6-14,20H,1-5H3,(H,25,29)/t14-,20+/m1/s1. The Bertz CT molecular complexity index is 1140. The van der Waals surface area contributed by atoms with E-state index < -0.39 is 11.3 Å². The van der Waals surface area contributed by atoms with Crippen molar-refractivity contribution >= 4 is 46.0 Å². The van der Waals surface area contributed by atoms with Crippen LogP contribution in [0.2, 0.25) is 0 Å². The van der Waals surface area contributed by atoms with Gasteiger partial charge in [-0.25, -0.2) is 9.89 Å². The summed E-state index contributed by atoms with van der Waals surface area (Å²) in [5, 5.41) is 2.81. The molecule has 0 spiro atoms. The topological polar surface area (TPSA) is 92.6 Å². The molecule has 0 saturated carbocycles. The average molecular weight is 467 g/mol. The van der Waals surface area contributed by atoms with Gasteiger partial charge in [-0.2, -0.15) is 0 Å². The van der Waals surface area contributed by atoms with E-state index in [1.807, 2.05) is 38.1 Å². The SMILES string of the molecule is COc1cc(NC(=O)[C@@H](C)SC2=Nc3ccccc3C3=N[C@@H](C(C)C)C(=O)N23)cc(OC)c1. The van der Waals surface area contributed by atoms with E-state index >= 15 is 0 Å². The molecule has 2 heterocycles. The molecule has 0 fully saturated rings. The predicted molar refractivity (Wildman–Crippen MR) is 131 cm³/mol. The first-order valence-electron chi connectivity index (χ1n) is 10.6. The Morgan fingerprint density at radius 3 is 2.39 bits per heavy atom. The molecule has 0 radical (unpaired) electrons. The van der Waals surface area contributed by atoms with Crippen molar-refractivity contribution < 1.29 is 19.1 Å². The molecule has 9 heteroatoms. The number of benzene rings is 2. The smallest absolute Gasteiger partial charge is 0.259 e. The Labute approximate surface area is 197 Å². The van der Waals surface area contributed by atoms with E-state index in [9.17, 15) is 9.59 Å². The number of amidine groups is 2. The third-order valence-electron chi connectivity index (χ3n) is 5.40. The number of rotatable bonds is 6. The van der Waals surface area contributed by atoms with Crippen molar-refractivity contribution in [3.8, 4) is 11.5 Å². The highest BCUT2D eigenvalue weighted by atomic mass is 32.2. The minimum Gasteiger partial charge on any atom is -0.497 e. The number of anilines is 1. The molecule has 2 aromatic rings. The molecule has 33 heavy (non-hydrogen) atoms. The number of thioether (sulfide) groups is 1. The molecule has 0 aromatic heterocycles. The van der Waals surface area contributed by atoms with Gasteiger partial charge in [-0.05, 0) is 25.0 Å². The highest BCUT2D eigenvalue weighted by molar-refractivity contribution is 8.15. The van der Waals surface area contributed by atoms with Crippen LogP contribution in [0.5, 0.6) is 11.5 Å². The first kappa shape index (κ1) is 22.8. The van der Waals surface area contributed by atoms with Gasteiger partial charge < -0.3 is 14.8 Å². The molecule has 4 rings (SSSR count). The van der Waals surface area contributed by atoms with Crippen LogP contribution in [0.15, 0.2) is 52.4 Å². The van der Waals surface area contributed by atoms with Gasteiger partial charge in [-0.3, -0.25) is 14.6 Å². The summed E-state index contributed by atoms with van der Waals surface area (Å²) in [5.41, 5.74) is 2.11. The molecule has 2 aromatic carbocycles. The van der Waals surface area contributed by atoms with Crippen LogP contribution in [0.3, 0.4) is 0 Å². The maximum Gasteiger partial charge on any atom is 0.259 e. The molecule has 0 bridgehead atoms. The van der Waals surface area contributed by atoms with Gasteiger partial charge in [0.05, 0.1) is 25.2 Å². The minimum atomic E-state index is -0.529. The second-order valence-electron chi connectivity index (χ2n) is 8.08. The van der Waals surface area contributed by atoms with Crippen LogP contribution >= 0.6 is 11.8 Å². The summed E-state index contributed by atoms with van der Waals surface area (Å²) in [6, 6.07) is 12.3. The van der Waals surface area contributed by atoms with Gasteiger partial charge in [0.15, 0.2) is 5.17 Å². The Balaban J connectivity index is 1.58. The number of methoxy groups -OCH3 is 2. The zero-order chi connectivity index (χ0) is 23.7. The number of aliphatic imine (C=N–C) groups is 2. The first-order chi connectivity index (χ1) is 15.8. The zero-order valence-electron chi connectivity index (χ0n) is 19.2. The van der Waals surface area contributed by atoms with E-state index in [0.29, 0.717) is 28.2 Å². The Hall–Kier alpha value is -3.33. The van der Waals surface area contributed by atoms with Crippen molar-refractivity contribution in [2.24, 2.45) is 15.9 Å². The second-order valence-corrected chi connectivity index (χ2v) is 9.39.